The number of methoxy groups -OCH3 is 1. The van der Waals surface area contributed by atoms with Gasteiger partial charge < -0.3 is 20.3 Å². The zero-order valence-corrected chi connectivity index (χ0v) is 20.0. The van der Waals surface area contributed by atoms with E-state index in [1.165, 1.54) is 6.07 Å². The van der Waals surface area contributed by atoms with E-state index in [4.69, 9.17) is 4.74 Å². The van der Waals surface area contributed by atoms with Gasteiger partial charge in [0.25, 0.3) is 0 Å². The van der Waals surface area contributed by atoms with E-state index < -0.39 is 0 Å². The van der Waals surface area contributed by atoms with Crippen molar-refractivity contribution in [2.45, 2.75) is 39.2 Å². The quantitative estimate of drug-likeness (QED) is 0.536. The van der Waals surface area contributed by atoms with Gasteiger partial charge in [-0.1, -0.05) is 6.07 Å². The van der Waals surface area contributed by atoms with Gasteiger partial charge in [0.2, 0.25) is 0 Å². The first-order valence-electron chi connectivity index (χ1n) is 12.1. The smallest absolute Gasteiger partial charge is 0.196 e. The molecular weight excluding hydrogens is 444 g/mol. The lowest BCUT2D eigenvalue weighted by Crippen LogP contribution is -2.29. The van der Waals surface area contributed by atoms with E-state index in [1.54, 1.807) is 19.4 Å². The topological polar surface area (TPSA) is 109 Å². The highest BCUT2D eigenvalue weighted by atomic mass is 16.5. The first kappa shape index (κ1) is 23.3. The van der Waals surface area contributed by atoms with E-state index in [9.17, 15) is 19.8 Å². The first-order chi connectivity index (χ1) is 16.9. The van der Waals surface area contributed by atoms with Crippen LogP contribution in [0.2, 0.25) is 0 Å². The lowest BCUT2D eigenvalue weighted by Gasteiger charge is -2.29. The van der Waals surface area contributed by atoms with Crippen LogP contribution in [0, 0.1) is 17.8 Å². The zero-order valence-electron chi connectivity index (χ0n) is 20.0. The number of Topliss-reactive ketones (excluding diaryl/α,β-unsaturated/α-hetero) is 2. The fraction of sp³-hybridized carbons (Fsp3) is 0.393. The summed E-state index contributed by atoms with van der Waals surface area (Å²) in [6.07, 6.45) is 4.28. The highest BCUT2D eigenvalue weighted by Crippen LogP contribution is 2.50. The maximum absolute atomic E-state index is 13.8. The normalized spacial score (nSPS) is 23.5. The highest BCUT2D eigenvalue weighted by molar-refractivity contribution is 6.15. The lowest BCUT2D eigenvalue weighted by atomic mass is 9.74. The molecule has 1 heterocycles. The molecule has 3 aliphatic rings. The molecule has 3 unspecified atom stereocenters. The number of aliphatic hydroxyl groups is 1. The number of nitrogens with zero attached hydrogens (tertiary/aromatic N) is 1. The van der Waals surface area contributed by atoms with Crippen LogP contribution < -0.4 is 5.32 Å². The van der Waals surface area contributed by atoms with Crippen LogP contribution in [0.1, 0.15) is 58.2 Å². The number of phenolic OH excluding ortho intramolecular Hbond substituents is 1. The summed E-state index contributed by atoms with van der Waals surface area (Å²) in [5, 5.41) is 24.5. The summed E-state index contributed by atoms with van der Waals surface area (Å²) < 4.78 is 5.81. The van der Waals surface area contributed by atoms with Gasteiger partial charge in [-0.2, -0.15) is 0 Å². The number of allylic oxidation sites excluding steroid dienone is 4. The Labute approximate surface area is 204 Å². The third-order valence-corrected chi connectivity index (χ3v) is 7.69. The average Bonchev–Trinajstić information content (AvgIpc) is 3.03. The van der Waals surface area contributed by atoms with Crippen molar-refractivity contribution in [1.29, 1.82) is 0 Å². The molecule has 0 saturated heterocycles. The van der Waals surface area contributed by atoms with Crippen molar-refractivity contribution in [3.05, 3.63) is 81.6 Å². The van der Waals surface area contributed by atoms with Gasteiger partial charge in [0, 0.05) is 35.7 Å². The van der Waals surface area contributed by atoms with Gasteiger partial charge in [0.15, 0.2) is 11.6 Å². The van der Waals surface area contributed by atoms with E-state index in [-0.39, 0.29) is 47.2 Å². The monoisotopic (exact) mass is 474 g/mol. The molecule has 3 atom stereocenters. The Morgan fingerprint density at radius 3 is 2.71 bits per heavy atom. The predicted octanol–water partition coefficient (Wildman–Crippen LogP) is 4.28. The number of hydrogen-bond acceptors (Lipinski definition) is 7. The van der Waals surface area contributed by atoms with E-state index in [0.29, 0.717) is 54.0 Å². The van der Waals surface area contributed by atoms with Gasteiger partial charge in [-0.3, -0.25) is 14.6 Å². The fourth-order valence-corrected chi connectivity index (χ4v) is 6.03. The van der Waals surface area contributed by atoms with Crippen LogP contribution in [-0.2, 0) is 17.7 Å². The maximum atomic E-state index is 13.8. The third-order valence-electron chi connectivity index (χ3n) is 7.69. The summed E-state index contributed by atoms with van der Waals surface area (Å²) in [4.78, 5) is 31.2. The van der Waals surface area contributed by atoms with Crippen molar-refractivity contribution < 1.29 is 24.5 Å². The Kier molecular flexibility index (Phi) is 6.19. The Hall–Kier alpha value is -3.45. The number of carbonyl (C=O) groups is 2. The van der Waals surface area contributed by atoms with Gasteiger partial charge in [-0.25, -0.2) is 0 Å². The maximum Gasteiger partial charge on any atom is 0.196 e. The van der Waals surface area contributed by atoms with E-state index in [1.807, 2.05) is 25.1 Å². The van der Waals surface area contributed by atoms with Crippen LogP contribution in [0.25, 0.3) is 0 Å². The second-order valence-electron chi connectivity index (χ2n) is 9.71. The number of ketones is 2. The molecule has 2 aromatic rings. The molecule has 1 aromatic carbocycles. The van der Waals surface area contributed by atoms with Crippen LogP contribution in [0.5, 0.6) is 5.75 Å². The zero-order chi connectivity index (χ0) is 24.7. The molecule has 5 rings (SSSR count). The Morgan fingerprint density at radius 2 is 1.97 bits per heavy atom. The van der Waals surface area contributed by atoms with Crippen LogP contribution in [-0.4, -0.2) is 40.4 Å². The van der Waals surface area contributed by atoms with Gasteiger partial charge >= 0.3 is 0 Å². The standard InChI is InChI=1S/C28H30N2O5/c1-15-11-21-19(26(15)33)7-6-16-12-20-18(23(32)14-29-13-17-5-3-4-10-30-17)8-9-22(31)25(20)27(34)24(16)28(21)35-2/h3-5,8-10,16,19,21,29,31,33H,6-7,11-14H2,1-2H3. The van der Waals surface area contributed by atoms with E-state index in [2.05, 4.69) is 10.3 Å². The van der Waals surface area contributed by atoms with Crippen molar-refractivity contribution in [2.75, 3.05) is 13.7 Å². The molecule has 7 heteroatoms. The second-order valence-corrected chi connectivity index (χ2v) is 9.71. The number of aromatic hydroxyl groups is 1. The molecular formula is C28H30N2O5. The van der Waals surface area contributed by atoms with Crippen LogP contribution in [0.3, 0.4) is 0 Å². The number of aliphatic hydroxyl groups excluding tert-OH is 1. The molecule has 0 radical (unpaired) electrons. The summed E-state index contributed by atoms with van der Waals surface area (Å²) >= 11 is 0. The number of ether oxygens (including phenoxy) is 1. The van der Waals surface area contributed by atoms with Crippen molar-refractivity contribution in [1.82, 2.24) is 10.3 Å². The van der Waals surface area contributed by atoms with Gasteiger partial charge in [-0.15, -0.1) is 0 Å². The molecule has 3 N–H and O–H groups in total. The van der Waals surface area contributed by atoms with Crippen molar-refractivity contribution in [3.8, 4) is 5.75 Å². The van der Waals surface area contributed by atoms with Crippen molar-refractivity contribution in [2.24, 2.45) is 17.8 Å². The van der Waals surface area contributed by atoms with E-state index in [0.717, 1.165) is 17.7 Å². The first-order valence-corrected chi connectivity index (χ1v) is 12.1. The molecule has 0 fully saturated rings. The SMILES string of the molecule is COC1=C2C(=O)c3c(O)ccc(C(=O)CNCc4ccccn4)c3CC2CCC2C(O)=C(C)CC12. The van der Waals surface area contributed by atoms with Gasteiger partial charge in [0.1, 0.15) is 11.5 Å². The summed E-state index contributed by atoms with van der Waals surface area (Å²) in [6.45, 7) is 2.47. The predicted molar refractivity (Wildman–Crippen MR) is 130 cm³/mol. The third kappa shape index (κ3) is 4.04. The molecule has 0 aliphatic heterocycles. The lowest BCUT2D eigenvalue weighted by molar-refractivity contribution is 0.0987. The fourth-order valence-electron chi connectivity index (χ4n) is 6.03. The Balaban J connectivity index is 1.46. The molecule has 0 saturated carbocycles. The molecule has 182 valence electrons. The number of hydrogen-bond donors (Lipinski definition) is 3. The highest BCUT2D eigenvalue weighted by Gasteiger charge is 2.45. The Morgan fingerprint density at radius 1 is 1.14 bits per heavy atom. The second kappa shape index (κ2) is 9.30. The van der Waals surface area contributed by atoms with Crippen molar-refractivity contribution >= 4 is 11.6 Å². The summed E-state index contributed by atoms with van der Waals surface area (Å²) in [5.41, 5.74) is 3.62. The van der Waals surface area contributed by atoms with Gasteiger partial charge in [0.05, 0.1) is 30.7 Å². The number of aromatic nitrogens is 1. The minimum Gasteiger partial charge on any atom is -0.512 e. The number of rotatable bonds is 6. The Bertz CT molecular complexity index is 1250. The molecule has 7 nitrogen and oxygen atoms in total. The number of nitrogens with one attached hydrogen (secondary N) is 1. The largest absolute Gasteiger partial charge is 0.512 e. The minimum atomic E-state index is -0.272. The number of phenols is 1. The summed E-state index contributed by atoms with van der Waals surface area (Å²) in [7, 11) is 1.57. The number of carbonyl (C=O) groups excluding carboxylic acids is 2. The van der Waals surface area contributed by atoms with E-state index >= 15 is 0 Å². The van der Waals surface area contributed by atoms with Crippen LogP contribution in [0.15, 0.2) is 59.2 Å². The van der Waals surface area contributed by atoms with Crippen LogP contribution >= 0.6 is 0 Å². The molecule has 3 aliphatic carbocycles. The number of benzene rings is 1. The summed E-state index contributed by atoms with van der Waals surface area (Å²) in [5.74, 6) is 0.235. The number of pyridine rings is 1. The minimum absolute atomic E-state index is 0.0653. The van der Waals surface area contributed by atoms with Gasteiger partial charge in [-0.05, 0) is 73.9 Å². The summed E-state index contributed by atoms with van der Waals surface area (Å²) in [6, 6.07) is 8.66. The molecule has 1 aromatic heterocycles. The molecule has 0 amide bonds. The van der Waals surface area contributed by atoms with Crippen molar-refractivity contribution in [3.63, 3.8) is 0 Å². The van der Waals surface area contributed by atoms with Crippen LogP contribution in [0.4, 0.5) is 0 Å². The molecule has 0 bridgehead atoms. The number of fused-ring (bicyclic) bond motifs is 3. The molecule has 35 heavy (non-hydrogen) atoms. The molecule has 0 spiro atoms. The average molecular weight is 475 g/mol.